The van der Waals surface area contributed by atoms with Crippen LogP contribution >= 0.6 is 11.3 Å². The van der Waals surface area contributed by atoms with Crippen LogP contribution in [-0.2, 0) is 0 Å². The third-order valence-electron chi connectivity index (χ3n) is 3.08. The molecule has 96 valence electrons. The second-order valence-corrected chi connectivity index (χ2v) is 6.50. The Morgan fingerprint density at radius 2 is 2.00 bits per heavy atom. The van der Waals surface area contributed by atoms with E-state index >= 15 is 0 Å². The minimum atomic E-state index is 0.218. The van der Waals surface area contributed by atoms with Gasteiger partial charge < -0.3 is 0 Å². The maximum absolute atomic E-state index is 4.36. The molecule has 0 aromatic carbocycles. The van der Waals surface area contributed by atoms with Gasteiger partial charge in [-0.1, -0.05) is 45.1 Å². The lowest BCUT2D eigenvalue weighted by Gasteiger charge is -2.27. The van der Waals surface area contributed by atoms with E-state index in [9.17, 15) is 0 Å². The zero-order valence-electron chi connectivity index (χ0n) is 11.3. The van der Waals surface area contributed by atoms with Crippen molar-refractivity contribution in [2.24, 2.45) is 5.41 Å². The van der Waals surface area contributed by atoms with Gasteiger partial charge in [0, 0.05) is 12.1 Å². The van der Waals surface area contributed by atoms with Gasteiger partial charge in [-0.05, 0) is 24.0 Å². The quantitative estimate of drug-likeness (QED) is 0.833. The monoisotopic (exact) mass is 261 g/mol. The van der Waals surface area contributed by atoms with Gasteiger partial charge in [0.25, 0.3) is 0 Å². The van der Waals surface area contributed by atoms with Gasteiger partial charge in [0.2, 0.25) is 0 Å². The molecule has 0 aliphatic carbocycles. The fraction of sp³-hybridized carbons (Fsp3) is 0.500. The second kappa shape index (κ2) is 5.14. The van der Waals surface area contributed by atoms with Crippen molar-refractivity contribution in [2.75, 3.05) is 0 Å². The minimum absolute atomic E-state index is 0.218. The van der Waals surface area contributed by atoms with E-state index in [2.05, 4.69) is 42.9 Å². The van der Waals surface area contributed by atoms with Crippen LogP contribution in [0.3, 0.4) is 0 Å². The van der Waals surface area contributed by atoms with E-state index in [1.54, 1.807) is 17.5 Å². The lowest BCUT2D eigenvalue weighted by Crippen LogP contribution is -2.17. The van der Waals surface area contributed by atoms with Crippen molar-refractivity contribution in [2.45, 2.75) is 40.0 Å². The molecule has 0 fully saturated rings. The molecular formula is C14H19N3S. The van der Waals surface area contributed by atoms with Crippen LogP contribution in [0.1, 0.15) is 45.0 Å². The van der Waals surface area contributed by atoms with Gasteiger partial charge in [-0.15, -0.1) is 10.2 Å². The van der Waals surface area contributed by atoms with E-state index in [1.165, 1.54) is 0 Å². The fourth-order valence-corrected chi connectivity index (χ4v) is 3.37. The molecule has 2 aromatic rings. The molecule has 0 spiro atoms. The van der Waals surface area contributed by atoms with Gasteiger partial charge in [-0.3, -0.25) is 4.98 Å². The van der Waals surface area contributed by atoms with E-state index in [4.69, 9.17) is 0 Å². The van der Waals surface area contributed by atoms with Gasteiger partial charge in [-0.25, -0.2) is 0 Å². The zero-order chi connectivity index (χ0) is 13.2. The summed E-state index contributed by atoms with van der Waals surface area (Å²) in [6.45, 7) is 8.97. The van der Waals surface area contributed by atoms with Crippen LogP contribution in [0.4, 0.5) is 0 Å². The molecule has 18 heavy (non-hydrogen) atoms. The number of pyridine rings is 1. The van der Waals surface area contributed by atoms with Crippen molar-refractivity contribution in [3.63, 3.8) is 0 Å². The summed E-state index contributed by atoms with van der Waals surface area (Å²) in [5.41, 5.74) is 1.13. The van der Waals surface area contributed by atoms with Crippen molar-refractivity contribution in [1.82, 2.24) is 15.2 Å². The molecule has 0 amide bonds. The van der Waals surface area contributed by atoms with Crippen LogP contribution in [0.5, 0.6) is 0 Å². The van der Waals surface area contributed by atoms with Gasteiger partial charge in [0.05, 0.1) is 0 Å². The molecule has 0 aliphatic rings. The lowest BCUT2D eigenvalue weighted by atomic mass is 9.80. The maximum Gasteiger partial charge on any atom is 0.166 e. The summed E-state index contributed by atoms with van der Waals surface area (Å²) in [6.07, 6.45) is 2.87. The Morgan fingerprint density at radius 3 is 2.56 bits per heavy atom. The molecule has 3 nitrogen and oxygen atoms in total. The number of rotatable bonds is 3. The number of hydrogen-bond donors (Lipinski definition) is 0. The van der Waals surface area contributed by atoms with Gasteiger partial charge in [0.1, 0.15) is 10.7 Å². The molecule has 2 rings (SSSR count). The molecule has 0 N–H and O–H groups in total. The smallest absolute Gasteiger partial charge is 0.166 e. The summed E-state index contributed by atoms with van der Waals surface area (Å²) in [4.78, 5) is 4.32. The zero-order valence-corrected chi connectivity index (χ0v) is 12.2. The standard InChI is InChI=1S/C14H19N3S/c1-5-10(14(2,3)4)12-16-17-13(18-12)11-8-6-7-9-15-11/h6-10H,5H2,1-4H3/t10-/m1/s1. The molecule has 2 heterocycles. The van der Waals surface area contributed by atoms with Crippen molar-refractivity contribution >= 4 is 11.3 Å². The first kappa shape index (κ1) is 13.1. The molecular weight excluding hydrogens is 242 g/mol. The van der Waals surface area contributed by atoms with Crippen LogP contribution in [-0.4, -0.2) is 15.2 Å². The van der Waals surface area contributed by atoms with E-state index < -0.39 is 0 Å². The first-order valence-electron chi connectivity index (χ1n) is 6.27. The second-order valence-electron chi connectivity index (χ2n) is 5.49. The largest absolute Gasteiger partial charge is 0.254 e. The highest BCUT2D eigenvalue weighted by molar-refractivity contribution is 7.14. The molecule has 0 bridgehead atoms. The summed E-state index contributed by atoms with van der Waals surface area (Å²) < 4.78 is 0. The Hall–Kier alpha value is -1.29. The molecule has 0 aliphatic heterocycles. The molecule has 2 aromatic heterocycles. The van der Waals surface area contributed by atoms with Crippen LogP contribution in [0.25, 0.3) is 10.7 Å². The molecule has 0 radical (unpaired) electrons. The van der Waals surface area contributed by atoms with E-state index in [0.29, 0.717) is 5.92 Å². The fourth-order valence-electron chi connectivity index (χ4n) is 2.13. The van der Waals surface area contributed by atoms with Crippen LogP contribution in [0.2, 0.25) is 0 Å². The predicted molar refractivity (Wildman–Crippen MR) is 75.6 cm³/mol. The highest BCUT2D eigenvalue weighted by Crippen LogP contribution is 2.39. The third kappa shape index (κ3) is 2.75. The van der Waals surface area contributed by atoms with Crippen molar-refractivity contribution in [3.8, 4) is 10.7 Å². The Labute approximate surface area is 112 Å². The summed E-state index contributed by atoms with van der Waals surface area (Å²) in [7, 11) is 0. The minimum Gasteiger partial charge on any atom is -0.254 e. The number of hydrogen-bond acceptors (Lipinski definition) is 4. The molecule has 0 saturated heterocycles. The Bertz CT molecular complexity index is 499. The third-order valence-corrected chi connectivity index (χ3v) is 4.14. The summed E-state index contributed by atoms with van der Waals surface area (Å²) in [6, 6.07) is 5.86. The van der Waals surface area contributed by atoms with E-state index in [-0.39, 0.29) is 5.41 Å². The van der Waals surface area contributed by atoms with Crippen molar-refractivity contribution < 1.29 is 0 Å². The Balaban J connectivity index is 2.31. The molecule has 4 heteroatoms. The van der Waals surface area contributed by atoms with Crippen LogP contribution in [0.15, 0.2) is 24.4 Å². The molecule has 0 saturated carbocycles. The first-order chi connectivity index (χ1) is 8.52. The summed E-state index contributed by atoms with van der Waals surface area (Å²) in [5.74, 6) is 0.451. The number of aromatic nitrogens is 3. The highest BCUT2D eigenvalue weighted by atomic mass is 32.1. The van der Waals surface area contributed by atoms with E-state index in [1.807, 2.05) is 18.2 Å². The summed E-state index contributed by atoms with van der Waals surface area (Å²) in [5, 5.41) is 10.7. The number of nitrogens with zero attached hydrogens (tertiary/aromatic N) is 3. The Morgan fingerprint density at radius 1 is 1.22 bits per heavy atom. The Kier molecular flexibility index (Phi) is 3.76. The average Bonchev–Trinajstić information content (AvgIpc) is 2.78. The van der Waals surface area contributed by atoms with E-state index in [0.717, 1.165) is 22.1 Å². The van der Waals surface area contributed by atoms with Gasteiger partial charge >= 0.3 is 0 Å². The maximum atomic E-state index is 4.36. The lowest BCUT2D eigenvalue weighted by molar-refractivity contribution is 0.310. The average molecular weight is 261 g/mol. The predicted octanol–water partition coefficient (Wildman–Crippen LogP) is 4.14. The molecule has 1 atom stereocenters. The molecule has 0 unspecified atom stereocenters. The van der Waals surface area contributed by atoms with Crippen molar-refractivity contribution in [1.29, 1.82) is 0 Å². The first-order valence-corrected chi connectivity index (χ1v) is 7.09. The normalized spacial score (nSPS) is 13.6. The topological polar surface area (TPSA) is 38.7 Å². The van der Waals surface area contributed by atoms with Crippen LogP contribution < -0.4 is 0 Å². The highest BCUT2D eigenvalue weighted by Gasteiger charge is 2.28. The van der Waals surface area contributed by atoms with Gasteiger partial charge in [-0.2, -0.15) is 0 Å². The van der Waals surface area contributed by atoms with Crippen LogP contribution in [0, 0.1) is 5.41 Å². The summed E-state index contributed by atoms with van der Waals surface area (Å²) >= 11 is 1.66. The van der Waals surface area contributed by atoms with Gasteiger partial charge in [0.15, 0.2) is 5.01 Å². The SMILES string of the molecule is CC[C@H](c1nnc(-c2ccccn2)s1)C(C)(C)C. The van der Waals surface area contributed by atoms with Crippen molar-refractivity contribution in [3.05, 3.63) is 29.4 Å².